The molecule has 1 saturated carbocycles. The maximum absolute atomic E-state index is 6.17. The van der Waals surface area contributed by atoms with Gasteiger partial charge in [-0.3, -0.25) is 0 Å². The van der Waals surface area contributed by atoms with Crippen LogP contribution in [-0.2, 0) is 5.41 Å². The number of rotatable bonds is 4. The van der Waals surface area contributed by atoms with Crippen LogP contribution in [0.3, 0.4) is 0 Å². The quantitative estimate of drug-likeness (QED) is 0.891. The van der Waals surface area contributed by atoms with Crippen molar-refractivity contribution >= 4 is 10.9 Å². The van der Waals surface area contributed by atoms with Gasteiger partial charge >= 0.3 is 0 Å². The summed E-state index contributed by atoms with van der Waals surface area (Å²) >= 11 is 0. The number of nitrogens with two attached hydrogens (primary N) is 1. The molecule has 0 unspecified atom stereocenters. The molecule has 1 heterocycles. The first-order chi connectivity index (χ1) is 9.79. The molecule has 0 aliphatic heterocycles. The van der Waals surface area contributed by atoms with Gasteiger partial charge in [-0.05, 0) is 43.5 Å². The molecular formula is C17H24N2O. The van der Waals surface area contributed by atoms with Crippen LogP contribution in [0.2, 0.25) is 0 Å². The molecule has 1 fully saturated rings. The van der Waals surface area contributed by atoms with Crippen LogP contribution in [-0.4, -0.2) is 18.1 Å². The first-order valence-corrected chi connectivity index (χ1v) is 7.73. The zero-order chi connectivity index (χ0) is 14.0. The maximum atomic E-state index is 6.17. The van der Waals surface area contributed by atoms with Crippen molar-refractivity contribution < 1.29 is 4.74 Å². The highest BCUT2D eigenvalue weighted by Crippen LogP contribution is 2.42. The summed E-state index contributed by atoms with van der Waals surface area (Å²) in [5, 5.41) is 1.28. The van der Waals surface area contributed by atoms with Gasteiger partial charge in [0.25, 0.3) is 0 Å². The largest absolute Gasteiger partial charge is 0.494 e. The molecule has 3 heteroatoms. The van der Waals surface area contributed by atoms with E-state index in [0.29, 0.717) is 6.61 Å². The Labute approximate surface area is 120 Å². The van der Waals surface area contributed by atoms with Gasteiger partial charge < -0.3 is 15.5 Å². The van der Waals surface area contributed by atoms with Crippen molar-refractivity contribution in [3.05, 3.63) is 30.0 Å². The maximum Gasteiger partial charge on any atom is 0.120 e. The number of hydrogen-bond donors (Lipinski definition) is 2. The Balaban J connectivity index is 2.07. The Morgan fingerprint density at radius 3 is 2.75 bits per heavy atom. The van der Waals surface area contributed by atoms with Crippen LogP contribution < -0.4 is 10.5 Å². The lowest BCUT2D eigenvalue weighted by molar-refractivity contribution is 0.303. The summed E-state index contributed by atoms with van der Waals surface area (Å²) in [6.45, 7) is 3.46. The van der Waals surface area contributed by atoms with E-state index in [1.807, 2.05) is 13.0 Å². The number of fused-ring (bicyclic) bond motifs is 1. The molecule has 3 N–H and O–H groups in total. The second kappa shape index (κ2) is 5.49. The summed E-state index contributed by atoms with van der Waals surface area (Å²) < 4.78 is 5.65. The van der Waals surface area contributed by atoms with Gasteiger partial charge in [0.05, 0.1) is 6.61 Å². The van der Waals surface area contributed by atoms with Gasteiger partial charge in [0.2, 0.25) is 0 Å². The Morgan fingerprint density at radius 2 is 2.05 bits per heavy atom. The van der Waals surface area contributed by atoms with Crippen LogP contribution >= 0.6 is 0 Å². The number of benzene rings is 1. The third-order valence-electron chi connectivity index (χ3n) is 4.74. The average Bonchev–Trinajstić information content (AvgIpc) is 2.92. The van der Waals surface area contributed by atoms with E-state index in [4.69, 9.17) is 10.5 Å². The van der Waals surface area contributed by atoms with Crippen molar-refractivity contribution in [1.82, 2.24) is 4.98 Å². The third kappa shape index (κ3) is 2.20. The first-order valence-electron chi connectivity index (χ1n) is 7.73. The van der Waals surface area contributed by atoms with Crippen molar-refractivity contribution in [3.8, 4) is 5.75 Å². The molecule has 0 saturated heterocycles. The van der Waals surface area contributed by atoms with E-state index in [2.05, 4.69) is 23.3 Å². The number of aromatic amines is 1. The van der Waals surface area contributed by atoms with Gasteiger partial charge in [0.15, 0.2) is 0 Å². The molecule has 1 aliphatic rings. The minimum atomic E-state index is 0.154. The van der Waals surface area contributed by atoms with E-state index in [0.717, 1.165) is 12.3 Å². The van der Waals surface area contributed by atoms with Crippen LogP contribution in [0.4, 0.5) is 0 Å². The molecule has 1 aromatic heterocycles. The van der Waals surface area contributed by atoms with Gasteiger partial charge in [-0.2, -0.15) is 0 Å². The van der Waals surface area contributed by atoms with E-state index in [-0.39, 0.29) is 5.41 Å². The minimum Gasteiger partial charge on any atom is -0.494 e. The number of aromatic nitrogens is 1. The van der Waals surface area contributed by atoms with Crippen molar-refractivity contribution in [2.75, 3.05) is 13.2 Å². The summed E-state index contributed by atoms with van der Waals surface area (Å²) in [6, 6.07) is 6.30. The Hall–Kier alpha value is -1.48. The Bertz CT molecular complexity index is 582. The van der Waals surface area contributed by atoms with E-state index in [1.165, 1.54) is 48.6 Å². The second-order valence-corrected chi connectivity index (χ2v) is 5.89. The summed E-state index contributed by atoms with van der Waals surface area (Å²) in [5.74, 6) is 0.948. The average molecular weight is 272 g/mol. The molecule has 3 rings (SSSR count). The lowest BCUT2D eigenvalue weighted by Gasteiger charge is -2.36. The zero-order valence-electron chi connectivity index (χ0n) is 12.2. The molecule has 20 heavy (non-hydrogen) atoms. The number of H-pyrrole nitrogens is 1. The van der Waals surface area contributed by atoms with Crippen LogP contribution in [0.15, 0.2) is 24.4 Å². The summed E-state index contributed by atoms with van der Waals surface area (Å²) in [4.78, 5) is 3.40. The first kappa shape index (κ1) is 13.5. The monoisotopic (exact) mass is 272 g/mol. The fourth-order valence-corrected chi connectivity index (χ4v) is 3.61. The van der Waals surface area contributed by atoms with E-state index in [1.54, 1.807) is 0 Å². The Kier molecular flexibility index (Phi) is 3.70. The number of hydrogen-bond acceptors (Lipinski definition) is 2. The van der Waals surface area contributed by atoms with Crippen LogP contribution in [0.25, 0.3) is 10.9 Å². The Morgan fingerprint density at radius 1 is 1.25 bits per heavy atom. The minimum absolute atomic E-state index is 0.154. The van der Waals surface area contributed by atoms with Gasteiger partial charge in [-0.15, -0.1) is 0 Å². The SMILES string of the molecule is CCOc1ccc2[nH]cc(C3(CN)CCCCC3)c2c1. The van der Waals surface area contributed by atoms with Crippen molar-refractivity contribution in [2.24, 2.45) is 5.73 Å². The molecule has 1 aromatic carbocycles. The van der Waals surface area contributed by atoms with Gasteiger partial charge in [-0.25, -0.2) is 0 Å². The molecule has 0 amide bonds. The highest BCUT2D eigenvalue weighted by molar-refractivity contribution is 5.85. The molecule has 0 atom stereocenters. The molecule has 0 bridgehead atoms. The van der Waals surface area contributed by atoms with Gasteiger partial charge in [-0.1, -0.05) is 19.3 Å². The van der Waals surface area contributed by atoms with E-state index >= 15 is 0 Å². The molecule has 0 spiro atoms. The highest BCUT2D eigenvalue weighted by atomic mass is 16.5. The molecule has 0 radical (unpaired) electrons. The van der Waals surface area contributed by atoms with Crippen molar-refractivity contribution in [1.29, 1.82) is 0 Å². The number of ether oxygens (including phenoxy) is 1. The molecule has 1 aliphatic carbocycles. The summed E-state index contributed by atoms with van der Waals surface area (Å²) in [6.07, 6.45) is 8.49. The van der Waals surface area contributed by atoms with E-state index < -0.39 is 0 Å². The predicted octanol–water partition coefficient (Wildman–Crippen LogP) is 3.73. The van der Waals surface area contributed by atoms with Crippen LogP contribution in [0.1, 0.15) is 44.6 Å². The highest BCUT2D eigenvalue weighted by Gasteiger charge is 2.34. The lowest BCUT2D eigenvalue weighted by atomic mass is 9.69. The summed E-state index contributed by atoms with van der Waals surface area (Å²) in [5.41, 5.74) is 8.89. The number of nitrogens with one attached hydrogen (secondary N) is 1. The topological polar surface area (TPSA) is 51.0 Å². The van der Waals surface area contributed by atoms with Crippen molar-refractivity contribution in [3.63, 3.8) is 0 Å². The fourth-order valence-electron chi connectivity index (χ4n) is 3.61. The second-order valence-electron chi connectivity index (χ2n) is 5.89. The molecule has 2 aromatic rings. The van der Waals surface area contributed by atoms with Gasteiger partial charge in [0, 0.05) is 29.1 Å². The smallest absolute Gasteiger partial charge is 0.120 e. The summed E-state index contributed by atoms with van der Waals surface area (Å²) in [7, 11) is 0. The fraction of sp³-hybridized carbons (Fsp3) is 0.529. The molecular weight excluding hydrogens is 248 g/mol. The normalized spacial score (nSPS) is 18.3. The standard InChI is InChI=1S/C17H24N2O/c1-2-20-13-6-7-16-14(10-13)15(11-19-16)17(12-18)8-4-3-5-9-17/h6-7,10-11,19H,2-5,8-9,12,18H2,1H3. The van der Waals surface area contributed by atoms with Gasteiger partial charge in [0.1, 0.15) is 5.75 Å². The van der Waals surface area contributed by atoms with Crippen molar-refractivity contribution in [2.45, 2.75) is 44.4 Å². The van der Waals surface area contributed by atoms with E-state index in [9.17, 15) is 0 Å². The van der Waals surface area contributed by atoms with Crippen LogP contribution in [0.5, 0.6) is 5.75 Å². The lowest BCUT2D eigenvalue weighted by Crippen LogP contribution is -2.36. The molecule has 3 nitrogen and oxygen atoms in total. The zero-order valence-corrected chi connectivity index (χ0v) is 12.2. The molecule has 108 valence electrons. The predicted molar refractivity (Wildman–Crippen MR) is 83.3 cm³/mol. The van der Waals surface area contributed by atoms with Crippen LogP contribution in [0, 0.1) is 0 Å². The third-order valence-corrected chi connectivity index (χ3v) is 4.74.